The molecule has 0 aliphatic carbocycles. The number of nitrogens with one attached hydrogen (secondary N) is 1. The van der Waals surface area contributed by atoms with Crippen LogP contribution in [0.3, 0.4) is 0 Å². The molecule has 0 bridgehead atoms. The van der Waals surface area contributed by atoms with Crippen LogP contribution in [0.1, 0.15) is 11.4 Å². The van der Waals surface area contributed by atoms with Crippen LogP contribution in [-0.2, 0) is 5.88 Å². The molecule has 0 fully saturated rings. The minimum Gasteiger partial charge on any atom is -0.309 e. The van der Waals surface area contributed by atoms with Gasteiger partial charge in [-0.25, -0.2) is 4.98 Å². The van der Waals surface area contributed by atoms with Crippen molar-refractivity contribution in [2.45, 2.75) is 12.8 Å². The largest absolute Gasteiger partial charge is 0.309 e. The van der Waals surface area contributed by atoms with E-state index in [1.165, 1.54) is 11.3 Å². The summed E-state index contributed by atoms with van der Waals surface area (Å²) in [5, 5.41) is 0.665. The number of fused-ring (bicyclic) bond motifs is 1. The van der Waals surface area contributed by atoms with Gasteiger partial charge >= 0.3 is 0 Å². The van der Waals surface area contributed by atoms with Crippen molar-refractivity contribution in [3.63, 3.8) is 0 Å². The molecule has 3 nitrogen and oxygen atoms in total. The molecule has 5 heteroatoms. The number of H-pyrrole nitrogens is 1. The zero-order valence-corrected chi connectivity index (χ0v) is 11.8. The summed E-state index contributed by atoms with van der Waals surface area (Å²) in [6.07, 6.45) is 0. The zero-order chi connectivity index (χ0) is 13.4. The van der Waals surface area contributed by atoms with Gasteiger partial charge in [0, 0.05) is 4.88 Å². The number of hydrogen-bond acceptors (Lipinski definition) is 3. The number of aromatic amines is 1. The molecule has 0 aliphatic rings. The van der Waals surface area contributed by atoms with Crippen LogP contribution >= 0.6 is 22.9 Å². The molecule has 3 aromatic rings. The van der Waals surface area contributed by atoms with Crippen LogP contribution in [0.25, 0.3) is 20.7 Å². The van der Waals surface area contributed by atoms with E-state index in [0.29, 0.717) is 11.2 Å². The molecule has 2 heterocycles. The third-order valence-electron chi connectivity index (χ3n) is 3.01. The summed E-state index contributed by atoms with van der Waals surface area (Å²) in [7, 11) is 0. The van der Waals surface area contributed by atoms with E-state index < -0.39 is 0 Å². The number of halogens is 1. The van der Waals surface area contributed by atoms with E-state index >= 15 is 0 Å². The Balaban J connectivity index is 2.32. The molecule has 3 rings (SSSR count). The maximum Gasteiger partial charge on any atom is 0.259 e. The van der Waals surface area contributed by atoms with Crippen molar-refractivity contribution in [2.24, 2.45) is 0 Å². The van der Waals surface area contributed by atoms with E-state index in [9.17, 15) is 4.79 Å². The van der Waals surface area contributed by atoms with Gasteiger partial charge in [0.2, 0.25) is 0 Å². The molecule has 0 atom stereocenters. The Labute approximate surface area is 118 Å². The molecule has 2 aromatic heterocycles. The maximum absolute atomic E-state index is 12.1. The average molecular weight is 291 g/mol. The second kappa shape index (κ2) is 4.79. The van der Waals surface area contributed by atoms with Gasteiger partial charge in [-0.3, -0.25) is 4.79 Å². The second-order valence-corrected chi connectivity index (χ2v) is 5.51. The Morgan fingerprint density at radius 3 is 2.74 bits per heavy atom. The minimum atomic E-state index is -0.114. The highest BCUT2D eigenvalue weighted by Gasteiger charge is 2.14. The second-order valence-electron chi connectivity index (χ2n) is 4.25. The predicted molar refractivity (Wildman–Crippen MR) is 80.0 cm³/mol. The van der Waals surface area contributed by atoms with Crippen molar-refractivity contribution in [3.8, 4) is 10.4 Å². The van der Waals surface area contributed by atoms with Gasteiger partial charge < -0.3 is 4.98 Å². The van der Waals surface area contributed by atoms with Crippen molar-refractivity contribution < 1.29 is 0 Å². The standard InChI is InChI=1S/C14H11ClN2OS/c1-8-11-13(18)16-10(7-15)17-14(11)19-12(8)9-5-3-2-4-6-9/h2-6H,7H2,1H3,(H,16,17,18). The van der Waals surface area contributed by atoms with Crippen molar-refractivity contribution >= 4 is 33.2 Å². The highest BCUT2D eigenvalue weighted by atomic mass is 35.5. The average Bonchev–Trinajstić information content (AvgIpc) is 2.77. The lowest BCUT2D eigenvalue weighted by atomic mass is 10.1. The summed E-state index contributed by atoms with van der Waals surface area (Å²) in [6.45, 7) is 1.96. The van der Waals surface area contributed by atoms with Gasteiger partial charge in [0.05, 0.1) is 11.3 Å². The van der Waals surface area contributed by atoms with Crippen LogP contribution < -0.4 is 5.56 Å². The Hall–Kier alpha value is -1.65. The Morgan fingerprint density at radius 1 is 1.32 bits per heavy atom. The summed E-state index contributed by atoms with van der Waals surface area (Å²) < 4.78 is 0. The van der Waals surface area contributed by atoms with Crippen LogP contribution in [0.15, 0.2) is 35.1 Å². The van der Waals surface area contributed by atoms with Gasteiger partial charge in [-0.1, -0.05) is 30.3 Å². The summed E-state index contributed by atoms with van der Waals surface area (Å²) >= 11 is 7.27. The number of alkyl halides is 1. The summed E-state index contributed by atoms with van der Waals surface area (Å²) in [6, 6.07) is 10.0. The Bertz CT molecular complexity index is 792. The highest BCUT2D eigenvalue weighted by molar-refractivity contribution is 7.22. The number of aromatic nitrogens is 2. The van der Waals surface area contributed by atoms with Crippen molar-refractivity contribution in [1.29, 1.82) is 0 Å². The molecular weight excluding hydrogens is 280 g/mol. The van der Waals surface area contributed by atoms with E-state index in [1.807, 2.05) is 37.3 Å². The quantitative estimate of drug-likeness (QED) is 0.732. The SMILES string of the molecule is Cc1c(-c2ccccc2)sc2nc(CCl)[nH]c(=O)c12. The van der Waals surface area contributed by atoms with Gasteiger partial charge in [-0.05, 0) is 18.1 Å². The molecule has 1 aromatic carbocycles. The van der Waals surface area contributed by atoms with E-state index in [4.69, 9.17) is 11.6 Å². The minimum absolute atomic E-state index is 0.114. The summed E-state index contributed by atoms with van der Waals surface area (Å²) in [4.78, 5) is 21.0. The third kappa shape index (κ3) is 2.07. The number of nitrogens with zero attached hydrogens (tertiary/aromatic N) is 1. The van der Waals surface area contributed by atoms with Gasteiger partial charge in [0.1, 0.15) is 10.7 Å². The first-order valence-corrected chi connectivity index (χ1v) is 7.19. The fraction of sp³-hybridized carbons (Fsp3) is 0.143. The van der Waals surface area contributed by atoms with Crippen LogP contribution in [-0.4, -0.2) is 9.97 Å². The van der Waals surface area contributed by atoms with Crippen LogP contribution in [0, 0.1) is 6.92 Å². The van der Waals surface area contributed by atoms with Gasteiger partial charge in [-0.15, -0.1) is 22.9 Å². The molecule has 0 spiro atoms. The van der Waals surface area contributed by atoms with Gasteiger partial charge in [0.15, 0.2) is 0 Å². The summed E-state index contributed by atoms with van der Waals surface area (Å²) in [5.41, 5.74) is 1.97. The molecule has 0 saturated carbocycles. The van der Waals surface area contributed by atoms with E-state index in [0.717, 1.165) is 20.8 Å². The van der Waals surface area contributed by atoms with E-state index in [-0.39, 0.29) is 11.4 Å². The summed E-state index contributed by atoms with van der Waals surface area (Å²) in [5.74, 6) is 0.725. The molecule has 0 radical (unpaired) electrons. The normalized spacial score (nSPS) is 11.1. The molecule has 0 amide bonds. The number of thiophene rings is 1. The van der Waals surface area contributed by atoms with Crippen molar-refractivity contribution in [3.05, 3.63) is 52.1 Å². The smallest absolute Gasteiger partial charge is 0.259 e. The van der Waals surface area contributed by atoms with E-state index in [1.54, 1.807) is 0 Å². The number of rotatable bonds is 2. The molecule has 0 aliphatic heterocycles. The fourth-order valence-electron chi connectivity index (χ4n) is 2.12. The maximum atomic E-state index is 12.1. The van der Waals surface area contributed by atoms with Crippen LogP contribution in [0.4, 0.5) is 0 Å². The molecule has 96 valence electrons. The lowest BCUT2D eigenvalue weighted by Gasteiger charge is -1.98. The van der Waals surface area contributed by atoms with Crippen molar-refractivity contribution in [2.75, 3.05) is 0 Å². The topological polar surface area (TPSA) is 45.8 Å². The third-order valence-corrected chi connectivity index (χ3v) is 4.50. The van der Waals surface area contributed by atoms with Gasteiger partial charge in [-0.2, -0.15) is 0 Å². The first-order chi connectivity index (χ1) is 9.20. The Kier molecular flexibility index (Phi) is 3.12. The molecular formula is C14H11ClN2OS. The monoisotopic (exact) mass is 290 g/mol. The first-order valence-electron chi connectivity index (χ1n) is 5.84. The van der Waals surface area contributed by atoms with Crippen LogP contribution in [0.5, 0.6) is 0 Å². The van der Waals surface area contributed by atoms with Crippen LogP contribution in [0.2, 0.25) is 0 Å². The Morgan fingerprint density at radius 2 is 2.05 bits per heavy atom. The molecule has 0 saturated heterocycles. The number of aryl methyl sites for hydroxylation is 1. The number of benzene rings is 1. The number of hydrogen-bond donors (Lipinski definition) is 1. The first kappa shape index (κ1) is 12.4. The van der Waals surface area contributed by atoms with E-state index in [2.05, 4.69) is 9.97 Å². The van der Waals surface area contributed by atoms with Gasteiger partial charge in [0.25, 0.3) is 5.56 Å². The van der Waals surface area contributed by atoms with Crippen molar-refractivity contribution in [1.82, 2.24) is 9.97 Å². The lowest BCUT2D eigenvalue weighted by molar-refractivity contribution is 1.04. The lowest BCUT2D eigenvalue weighted by Crippen LogP contribution is -2.10. The molecule has 19 heavy (non-hydrogen) atoms. The zero-order valence-electron chi connectivity index (χ0n) is 10.2. The highest BCUT2D eigenvalue weighted by Crippen LogP contribution is 2.35. The fourth-order valence-corrected chi connectivity index (χ4v) is 3.45. The molecule has 0 unspecified atom stereocenters. The molecule has 1 N–H and O–H groups in total. The predicted octanol–water partition coefficient (Wildman–Crippen LogP) is 3.70.